The lowest BCUT2D eigenvalue weighted by Gasteiger charge is -2.31. The first kappa shape index (κ1) is 16.2. The summed E-state index contributed by atoms with van der Waals surface area (Å²) in [7, 11) is 0. The molecule has 126 valence electrons. The molecule has 0 aliphatic carbocycles. The summed E-state index contributed by atoms with van der Waals surface area (Å²) < 4.78 is 5.39. The van der Waals surface area contributed by atoms with E-state index in [-0.39, 0.29) is 6.09 Å². The van der Waals surface area contributed by atoms with Gasteiger partial charge in [-0.25, -0.2) is 4.79 Å². The van der Waals surface area contributed by atoms with Crippen molar-refractivity contribution in [1.82, 2.24) is 15.1 Å². The normalized spacial score (nSPS) is 15.1. The van der Waals surface area contributed by atoms with Crippen molar-refractivity contribution >= 4 is 11.9 Å². The van der Waals surface area contributed by atoms with Gasteiger partial charge in [-0.15, -0.1) is 5.10 Å². The number of aromatic nitrogens is 2. The molecule has 24 heavy (non-hydrogen) atoms. The van der Waals surface area contributed by atoms with Crippen molar-refractivity contribution < 1.29 is 9.53 Å². The van der Waals surface area contributed by atoms with E-state index in [1.807, 2.05) is 42.5 Å². The molecule has 0 unspecified atom stereocenters. The number of likely N-dealkylation sites (tertiary alicyclic amines) is 1. The Hall–Kier alpha value is -2.63. The van der Waals surface area contributed by atoms with Crippen LogP contribution in [0.5, 0.6) is 0 Å². The van der Waals surface area contributed by atoms with Gasteiger partial charge in [0.1, 0.15) is 12.4 Å². The van der Waals surface area contributed by atoms with Crippen LogP contribution in [0.1, 0.15) is 18.4 Å². The molecule has 6 heteroatoms. The van der Waals surface area contributed by atoms with Gasteiger partial charge in [0.2, 0.25) is 0 Å². The van der Waals surface area contributed by atoms with Gasteiger partial charge < -0.3 is 15.0 Å². The Morgan fingerprint density at radius 3 is 2.67 bits per heavy atom. The number of piperidine rings is 1. The fraction of sp³-hybridized carbons (Fsp3) is 0.389. The van der Waals surface area contributed by atoms with Gasteiger partial charge in [-0.05, 0) is 36.5 Å². The maximum atomic E-state index is 12.1. The number of carbonyl (C=O) groups excluding carboxylic acids is 1. The Morgan fingerprint density at radius 2 is 1.96 bits per heavy atom. The van der Waals surface area contributed by atoms with Gasteiger partial charge >= 0.3 is 6.09 Å². The largest absolute Gasteiger partial charge is 0.445 e. The fourth-order valence-corrected chi connectivity index (χ4v) is 2.77. The Balaban J connectivity index is 1.37. The molecule has 1 amide bonds. The highest BCUT2D eigenvalue weighted by Crippen LogP contribution is 2.18. The highest BCUT2D eigenvalue weighted by atomic mass is 16.6. The molecule has 1 saturated heterocycles. The van der Waals surface area contributed by atoms with Gasteiger partial charge in [0.25, 0.3) is 0 Å². The Morgan fingerprint density at radius 1 is 1.17 bits per heavy atom. The van der Waals surface area contributed by atoms with Crippen molar-refractivity contribution in [2.24, 2.45) is 5.92 Å². The van der Waals surface area contributed by atoms with Crippen LogP contribution in [0.2, 0.25) is 0 Å². The number of ether oxygens (including phenoxy) is 1. The molecule has 0 saturated carbocycles. The third-order valence-electron chi connectivity index (χ3n) is 4.22. The summed E-state index contributed by atoms with van der Waals surface area (Å²) in [6.45, 7) is 2.65. The van der Waals surface area contributed by atoms with Crippen LogP contribution < -0.4 is 5.32 Å². The van der Waals surface area contributed by atoms with Crippen LogP contribution in [0.3, 0.4) is 0 Å². The molecule has 1 fully saturated rings. The van der Waals surface area contributed by atoms with E-state index in [0.29, 0.717) is 12.5 Å². The second-order valence-electron chi connectivity index (χ2n) is 5.96. The number of nitrogens with zero attached hydrogens (tertiary/aromatic N) is 3. The predicted octanol–water partition coefficient (Wildman–Crippen LogP) is 2.94. The van der Waals surface area contributed by atoms with Crippen molar-refractivity contribution in [1.29, 1.82) is 0 Å². The van der Waals surface area contributed by atoms with Gasteiger partial charge in [-0.3, -0.25) is 0 Å². The molecule has 0 radical (unpaired) electrons. The lowest BCUT2D eigenvalue weighted by molar-refractivity contribution is 0.0832. The predicted molar refractivity (Wildman–Crippen MR) is 91.4 cm³/mol. The van der Waals surface area contributed by atoms with Crippen LogP contribution in [0.15, 0.2) is 48.7 Å². The summed E-state index contributed by atoms with van der Waals surface area (Å²) in [6.07, 6.45) is 3.37. The number of anilines is 1. The first-order valence-corrected chi connectivity index (χ1v) is 8.28. The topological polar surface area (TPSA) is 67.3 Å². The summed E-state index contributed by atoms with van der Waals surface area (Å²) in [4.78, 5) is 13.9. The molecule has 1 aliphatic heterocycles. The average molecular weight is 326 g/mol. The average Bonchev–Trinajstić information content (AvgIpc) is 2.66. The summed E-state index contributed by atoms with van der Waals surface area (Å²) >= 11 is 0. The van der Waals surface area contributed by atoms with Crippen molar-refractivity contribution in [3.63, 3.8) is 0 Å². The molecule has 1 N–H and O–H groups in total. The zero-order valence-electron chi connectivity index (χ0n) is 13.6. The van der Waals surface area contributed by atoms with Gasteiger partial charge in [-0.1, -0.05) is 30.3 Å². The monoisotopic (exact) mass is 326 g/mol. The molecule has 0 bridgehead atoms. The lowest BCUT2D eigenvalue weighted by atomic mass is 9.97. The van der Waals surface area contributed by atoms with E-state index in [4.69, 9.17) is 4.74 Å². The number of rotatable bonds is 5. The van der Waals surface area contributed by atoms with Gasteiger partial charge in [-0.2, -0.15) is 5.10 Å². The fourth-order valence-electron chi connectivity index (χ4n) is 2.77. The van der Waals surface area contributed by atoms with E-state index in [2.05, 4.69) is 15.5 Å². The SMILES string of the molecule is O=C(OCc1ccccc1)N1CCC(CNc2cccnn2)CC1. The number of carbonyl (C=O) groups is 1. The van der Waals surface area contributed by atoms with Crippen molar-refractivity contribution in [3.05, 3.63) is 54.2 Å². The molecule has 0 atom stereocenters. The molecule has 2 heterocycles. The summed E-state index contributed by atoms with van der Waals surface area (Å²) in [6, 6.07) is 13.5. The van der Waals surface area contributed by atoms with Crippen LogP contribution in [-0.2, 0) is 11.3 Å². The third-order valence-corrected chi connectivity index (χ3v) is 4.22. The van der Waals surface area contributed by atoms with Gasteiger partial charge in [0.15, 0.2) is 0 Å². The molecule has 1 aromatic heterocycles. The highest BCUT2D eigenvalue weighted by Gasteiger charge is 2.23. The van der Waals surface area contributed by atoms with E-state index in [1.54, 1.807) is 11.1 Å². The zero-order valence-corrected chi connectivity index (χ0v) is 13.6. The number of nitrogens with one attached hydrogen (secondary N) is 1. The lowest BCUT2D eigenvalue weighted by Crippen LogP contribution is -2.40. The van der Waals surface area contributed by atoms with E-state index >= 15 is 0 Å². The van der Waals surface area contributed by atoms with Crippen LogP contribution in [0.4, 0.5) is 10.6 Å². The summed E-state index contributed by atoms with van der Waals surface area (Å²) in [5.74, 6) is 1.33. The van der Waals surface area contributed by atoms with Crippen LogP contribution in [-0.4, -0.2) is 40.8 Å². The molecule has 1 aromatic carbocycles. The van der Waals surface area contributed by atoms with Crippen molar-refractivity contribution in [2.45, 2.75) is 19.4 Å². The standard InChI is InChI=1S/C18H22N4O2/c23-18(24-14-16-5-2-1-3-6-16)22-11-8-15(9-12-22)13-19-17-7-4-10-20-21-17/h1-7,10,15H,8-9,11-14H2,(H,19,21). The highest BCUT2D eigenvalue weighted by molar-refractivity contribution is 5.67. The van der Waals surface area contributed by atoms with Crippen molar-refractivity contribution in [3.8, 4) is 0 Å². The first-order valence-electron chi connectivity index (χ1n) is 8.28. The summed E-state index contributed by atoms with van der Waals surface area (Å²) in [5, 5.41) is 11.2. The van der Waals surface area contributed by atoms with Crippen LogP contribution in [0.25, 0.3) is 0 Å². The van der Waals surface area contributed by atoms with E-state index < -0.39 is 0 Å². The number of benzene rings is 1. The Labute approximate surface area is 141 Å². The first-order chi connectivity index (χ1) is 11.8. The van der Waals surface area contributed by atoms with E-state index in [9.17, 15) is 4.79 Å². The number of hydrogen-bond donors (Lipinski definition) is 1. The molecule has 3 rings (SSSR count). The molecular formula is C18H22N4O2. The minimum Gasteiger partial charge on any atom is -0.445 e. The van der Waals surface area contributed by atoms with Crippen LogP contribution in [0, 0.1) is 5.92 Å². The number of amides is 1. The maximum Gasteiger partial charge on any atom is 0.410 e. The van der Waals surface area contributed by atoms with Gasteiger partial charge in [0, 0.05) is 25.8 Å². The molecule has 0 spiro atoms. The minimum absolute atomic E-state index is 0.223. The number of hydrogen-bond acceptors (Lipinski definition) is 5. The summed E-state index contributed by atoms with van der Waals surface area (Å²) in [5.41, 5.74) is 1.01. The maximum absolute atomic E-state index is 12.1. The van der Waals surface area contributed by atoms with Gasteiger partial charge in [0.05, 0.1) is 0 Å². The Kier molecular flexibility index (Phi) is 5.61. The Bertz CT molecular complexity index is 628. The second-order valence-corrected chi connectivity index (χ2v) is 5.96. The molecule has 2 aromatic rings. The quantitative estimate of drug-likeness (QED) is 0.915. The van der Waals surface area contributed by atoms with Crippen LogP contribution >= 0.6 is 0 Å². The van der Waals surface area contributed by atoms with Crippen molar-refractivity contribution in [2.75, 3.05) is 25.0 Å². The molecule has 6 nitrogen and oxygen atoms in total. The smallest absolute Gasteiger partial charge is 0.410 e. The zero-order chi connectivity index (χ0) is 16.6. The van der Waals surface area contributed by atoms with E-state index in [1.165, 1.54) is 0 Å². The second kappa shape index (κ2) is 8.29. The third kappa shape index (κ3) is 4.68. The molecular weight excluding hydrogens is 304 g/mol. The van der Waals surface area contributed by atoms with E-state index in [0.717, 1.165) is 43.9 Å². The minimum atomic E-state index is -0.223. The molecule has 1 aliphatic rings.